The third-order valence-electron chi connectivity index (χ3n) is 7.00. The maximum atomic E-state index is 13.9. The Hall–Kier alpha value is -3.02. The lowest BCUT2D eigenvalue weighted by Crippen LogP contribution is -2.48. The standard InChI is InChI=1S/C26H31N3O3/c1-3-21-11-6-7-14-28(21)23(30)15-26(22-12-5-4-9-19(22)2)16-24(31)29(25(26)32)18-20-10-8-13-27-17-20/h4-5,8-10,12-13,17,21H,3,6-7,11,14-16,18H2,1-2H3. The Labute approximate surface area is 189 Å². The van der Waals surface area contributed by atoms with E-state index >= 15 is 0 Å². The van der Waals surface area contributed by atoms with Crippen LogP contribution in [0.15, 0.2) is 48.8 Å². The van der Waals surface area contributed by atoms with Gasteiger partial charge in [0.1, 0.15) is 0 Å². The van der Waals surface area contributed by atoms with Gasteiger partial charge in [0.2, 0.25) is 17.7 Å². The second kappa shape index (κ2) is 9.23. The van der Waals surface area contributed by atoms with Crippen molar-refractivity contribution >= 4 is 17.7 Å². The van der Waals surface area contributed by atoms with Crippen molar-refractivity contribution in [3.8, 4) is 0 Å². The molecule has 3 heterocycles. The smallest absolute Gasteiger partial charge is 0.241 e. The average molecular weight is 434 g/mol. The molecule has 4 rings (SSSR count). The molecule has 168 valence electrons. The molecular weight excluding hydrogens is 402 g/mol. The minimum absolute atomic E-state index is 0.0212. The van der Waals surface area contributed by atoms with E-state index in [1.54, 1.807) is 18.5 Å². The van der Waals surface area contributed by atoms with Crippen LogP contribution in [0.3, 0.4) is 0 Å². The molecule has 2 aromatic rings. The SMILES string of the molecule is CCC1CCCCN1C(=O)CC1(c2ccccc2C)CC(=O)N(Cc2cccnc2)C1=O. The van der Waals surface area contributed by atoms with Gasteiger partial charge < -0.3 is 4.90 Å². The zero-order valence-electron chi connectivity index (χ0n) is 18.9. The number of carbonyl (C=O) groups is 3. The van der Waals surface area contributed by atoms with Crippen LogP contribution in [0.25, 0.3) is 0 Å². The van der Waals surface area contributed by atoms with Gasteiger partial charge in [-0.25, -0.2) is 0 Å². The highest BCUT2D eigenvalue weighted by molar-refractivity contribution is 6.10. The number of rotatable bonds is 6. The van der Waals surface area contributed by atoms with Crippen molar-refractivity contribution < 1.29 is 14.4 Å². The van der Waals surface area contributed by atoms with Gasteiger partial charge in [0.25, 0.3) is 0 Å². The maximum absolute atomic E-state index is 13.9. The number of pyridine rings is 1. The van der Waals surface area contributed by atoms with E-state index in [-0.39, 0.29) is 43.1 Å². The second-order valence-corrected chi connectivity index (χ2v) is 9.04. The third kappa shape index (κ3) is 4.06. The Balaban J connectivity index is 1.69. The molecule has 6 heteroatoms. The van der Waals surface area contributed by atoms with Crippen LogP contribution in [0.4, 0.5) is 0 Å². The molecule has 2 fully saturated rings. The van der Waals surface area contributed by atoms with Crippen molar-refractivity contribution in [2.45, 2.75) is 70.4 Å². The summed E-state index contributed by atoms with van der Waals surface area (Å²) >= 11 is 0. The van der Waals surface area contributed by atoms with Crippen molar-refractivity contribution in [1.29, 1.82) is 0 Å². The number of aryl methyl sites for hydroxylation is 1. The van der Waals surface area contributed by atoms with E-state index in [4.69, 9.17) is 0 Å². The van der Waals surface area contributed by atoms with Gasteiger partial charge in [-0.05, 0) is 55.4 Å². The molecule has 1 aromatic heterocycles. The topological polar surface area (TPSA) is 70.6 Å². The van der Waals surface area contributed by atoms with Crippen LogP contribution < -0.4 is 0 Å². The van der Waals surface area contributed by atoms with E-state index in [9.17, 15) is 14.4 Å². The van der Waals surface area contributed by atoms with Crippen molar-refractivity contribution in [3.05, 3.63) is 65.5 Å². The average Bonchev–Trinajstić information content (AvgIpc) is 3.04. The number of hydrogen-bond acceptors (Lipinski definition) is 4. The quantitative estimate of drug-likeness (QED) is 0.650. The highest BCUT2D eigenvalue weighted by Gasteiger charge is 2.54. The maximum Gasteiger partial charge on any atom is 0.241 e. The van der Waals surface area contributed by atoms with Crippen molar-refractivity contribution in [2.75, 3.05) is 6.54 Å². The molecule has 2 saturated heterocycles. The number of nitrogens with zero attached hydrogens (tertiary/aromatic N) is 3. The molecule has 3 amide bonds. The van der Waals surface area contributed by atoms with Gasteiger partial charge in [0, 0.05) is 37.8 Å². The number of hydrogen-bond donors (Lipinski definition) is 0. The second-order valence-electron chi connectivity index (χ2n) is 9.04. The monoisotopic (exact) mass is 433 g/mol. The molecule has 0 spiro atoms. The summed E-state index contributed by atoms with van der Waals surface area (Å²) in [4.78, 5) is 47.9. The summed E-state index contributed by atoms with van der Waals surface area (Å²) in [6, 6.07) is 11.5. The largest absolute Gasteiger partial charge is 0.340 e. The Morgan fingerprint density at radius 3 is 2.69 bits per heavy atom. The molecule has 6 nitrogen and oxygen atoms in total. The molecule has 0 aliphatic carbocycles. The van der Waals surface area contributed by atoms with E-state index in [1.165, 1.54) is 4.90 Å². The zero-order valence-corrected chi connectivity index (χ0v) is 18.9. The summed E-state index contributed by atoms with van der Waals surface area (Å²) in [7, 11) is 0. The predicted molar refractivity (Wildman–Crippen MR) is 122 cm³/mol. The summed E-state index contributed by atoms with van der Waals surface area (Å²) in [5.41, 5.74) is 1.35. The molecule has 0 saturated carbocycles. The van der Waals surface area contributed by atoms with E-state index in [0.29, 0.717) is 0 Å². The van der Waals surface area contributed by atoms with Gasteiger partial charge in [-0.2, -0.15) is 0 Å². The molecule has 2 unspecified atom stereocenters. The number of imide groups is 1. The lowest BCUT2D eigenvalue weighted by Gasteiger charge is -2.38. The summed E-state index contributed by atoms with van der Waals surface area (Å²) in [6.07, 6.45) is 7.40. The first-order chi connectivity index (χ1) is 15.5. The first kappa shape index (κ1) is 22.2. The van der Waals surface area contributed by atoms with Crippen LogP contribution in [0, 0.1) is 6.92 Å². The first-order valence-electron chi connectivity index (χ1n) is 11.6. The number of likely N-dealkylation sites (tertiary alicyclic amines) is 2. The van der Waals surface area contributed by atoms with E-state index in [1.807, 2.05) is 42.2 Å². The van der Waals surface area contributed by atoms with Crippen LogP contribution >= 0.6 is 0 Å². The van der Waals surface area contributed by atoms with E-state index in [2.05, 4.69) is 11.9 Å². The third-order valence-corrected chi connectivity index (χ3v) is 7.00. The van der Waals surface area contributed by atoms with Crippen LogP contribution in [-0.4, -0.2) is 45.1 Å². The summed E-state index contributed by atoms with van der Waals surface area (Å²) in [5.74, 6) is -0.538. The Morgan fingerprint density at radius 1 is 1.16 bits per heavy atom. The Bertz CT molecular complexity index is 1010. The fourth-order valence-corrected chi connectivity index (χ4v) is 5.30. The molecule has 2 aliphatic heterocycles. The highest BCUT2D eigenvalue weighted by atomic mass is 16.2. The van der Waals surface area contributed by atoms with Crippen LogP contribution in [-0.2, 0) is 26.3 Å². The van der Waals surface area contributed by atoms with Gasteiger partial charge in [-0.3, -0.25) is 24.3 Å². The highest BCUT2D eigenvalue weighted by Crippen LogP contribution is 2.42. The van der Waals surface area contributed by atoms with Crippen LogP contribution in [0.2, 0.25) is 0 Å². The van der Waals surface area contributed by atoms with Gasteiger partial charge in [-0.15, -0.1) is 0 Å². The normalized spacial score (nSPS) is 23.6. The lowest BCUT2D eigenvalue weighted by molar-refractivity contribution is -0.144. The van der Waals surface area contributed by atoms with Gasteiger partial charge in [0.15, 0.2) is 0 Å². The summed E-state index contributed by atoms with van der Waals surface area (Å²) < 4.78 is 0. The Kier molecular flexibility index (Phi) is 6.40. The fraction of sp³-hybridized carbons (Fsp3) is 0.462. The lowest BCUT2D eigenvalue weighted by atomic mass is 9.73. The number of benzene rings is 1. The van der Waals surface area contributed by atoms with Crippen LogP contribution in [0.1, 0.15) is 62.1 Å². The van der Waals surface area contributed by atoms with Gasteiger partial charge in [-0.1, -0.05) is 37.3 Å². The minimum atomic E-state index is -1.16. The van der Waals surface area contributed by atoms with Crippen molar-refractivity contribution in [2.24, 2.45) is 0 Å². The number of carbonyl (C=O) groups excluding carboxylic acids is 3. The minimum Gasteiger partial charge on any atom is -0.340 e. The van der Waals surface area contributed by atoms with E-state index < -0.39 is 5.41 Å². The first-order valence-corrected chi connectivity index (χ1v) is 11.6. The number of amides is 3. The summed E-state index contributed by atoms with van der Waals surface area (Å²) in [6.45, 7) is 4.95. The van der Waals surface area contributed by atoms with Crippen molar-refractivity contribution in [1.82, 2.24) is 14.8 Å². The number of aromatic nitrogens is 1. The zero-order chi connectivity index (χ0) is 22.7. The summed E-state index contributed by atoms with van der Waals surface area (Å²) in [5, 5.41) is 0. The predicted octanol–water partition coefficient (Wildman–Crippen LogP) is 3.77. The molecule has 2 aliphatic rings. The molecule has 32 heavy (non-hydrogen) atoms. The van der Waals surface area contributed by atoms with E-state index in [0.717, 1.165) is 48.9 Å². The molecular formula is C26H31N3O3. The molecule has 1 aromatic carbocycles. The molecule has 0 bridgehead atoms. The van der Waals surface area contributed by atoms with Crippen LogP contribution in [0.5, 0.6) is 0 Å². The van der Waals surface area contributed by atoms with Gasteiger partial charge in [0.05, 0.1) is 12.0 Å². The molecule has 2 atom stereocenters. The molecule has 0 radical (unpaired) electrons. The Morgan fingerprint density at radius 2 is 1.97 bits per heavy atom. The molecule has 0 N–H and O–H groups in total. The fourth-order valence-electron chi connectivity index (χ4n) is 5.30. The van der Waals surface area contributed by atoms with Crippen molar-refractivity contribution in [3.63, 3.8) is 0 Å². The number of piperidine rings is 1. The van der Waals surface area contributed by atoms with Gasteiger partial charge >= 0.3 is 0 Å².